The normalized spacial score (nSPS) is 12.0. The number of aromatic nitrogens is 5. The fraction of sp³-hybridized carbons (Fsp3) is 0.143. The van der Waals surface area contributed by atoms with Gasteiger partial charge in [0.25, 0.3) is 6.33 Å². The summed E-state index contributed by atoms with van der Waals surface area (Å²) in [6, 6.07) is 79.0. The van der Waals surface area contributed by atoms with Gasteiger partial charge in [-0.1, -0.05) is 205 Å². The predicted octanol–water partition coefficient (Wildman–Crippen LogP) is 17.2. The Kier molecular flexibility index (Phi) is 12.5. The second kappa shape index (κ2) is 19.4. The molecule has 0 N–H and O–H groups in total. The molecule has 0 atom stereocenters. The minimum atomic E-state index is -0.0578. The van der Waals surface area contributed by atoms with Gasteiger partial charge in [-0.15, -0.1) is 24.3 Å². The first-order valence-electron chi connectivity index (χ1n) is 26.4. The van der Waals surface area contributed by atoms with E-state index >= 15 is 0 Å². The Bertz CT molecular complexity index is 4310. The number of nitrogens with zero attached hydrogens (tertiary/aromatic N) is 5. The number of hydrogen-bond acceptors (Lipinski definition) is 2. The molecule has 4 aromatic heterocycles. The number of pyridine rings is 1. The smallest absolute Gasteiger partial charge is 0.268 e. The molecule has 0 saturated heterocycles. The van der Waals surface area contributed by atoms with E-state index in [1.165, 1.54) is 33.0 Å². The van der Waals surface area contributed by atoms with Crippen molar-refractivity contribution in [3.05, 3.63) is 242 Å². The largest absolute Gasteiger partial charge is 0.510 e. The van der Waals surface area contributed by atoms with Gasteiger partial charge in [-0.2, -0.15) is 12.1 Å². The van der Waals surface area contributed by atoms with Gasteiger partial charge in [-0.3, -0.25) is 4.57 Å². The van der Waals surface area contributed by atoms with Gasteiger partial charge in [0.05, 0.1) is 27.8 Å². The maximum atomic E-state index is 7.09. The summed E-state index contributed by atoms with van der Waals surface area (Å²) in [5.41, 5.74) is 17.2. The van der Waals surface area contributed by atoms with E-state index in [4.69, 9.17) is 9.72 Å². The van der Waals surface area contributed by atoms with Crippen LogP contribution in [-0.2, 0) is 38.3 Å². The van der Waals surface area contributed by atoms with E-state index in [1.807, 2.05) is 18.3 Å². The minimum absolute atomic E-state index is 0. The van der Waals surface area contributed by atoms with E-state index in [9.17, 15) is 0 Å². The molecular weight excluding hydrogens is 1120 g/mol. The van der Waals surface area contributed by atoms with Crippen molar-refractivity contribution in [2.24, 2.45) is 0 Å². The van der Waals surface area contributed by atoms with Gasteiger partial charge in [0.1, 0.15) is 5.82 Å². The molecule has 0 spiro atoms. The number of benzene rings is 9. The molecular formula is C70H57N5OPt-2. The fourth-order valence-electron chi connectivity index (χ4n) is 11.1. The number of aryl methyl sites for hydroxylation is 1. The molecule has 9 aromatic carbocycles. The van der Waals surface area contributed by atoms with E-state index in [1.54, 1.807) is 0 Å². The minimum Gasteiger partial charge on any atom is -0.510 e. The molecule has 4 heterocycles. The summed E-state index contributed by atoms with van der Waals surface area (Å²) >= 11 is 0. The van der Waals surface area contributed by atoms with Crippen molar-refractivity contribution in [2.45, 2.75) is 65.7 Å². The van der Waals surface area contributed by atoms with Crippen molar-refractivity contribution in [1.82, 2.24) is 18.7 Å². The van der Waals surface area contributed by atoms with Crippen LogP contribution >= 0.6 is 0 Å². The standard InChI is InChI=1S/C70H57N5O.Pt/c1-8-46-36-37-71-66(38-46)75-61-33-17-14-28-58(61)67-64(74-59-31-15-12-26-56(59)57-27-13-16-32-60(57)74)43-53(44-65(67)75)76-52-25-20-24-51(42-52)72-45-73(63-35-19-18-34-62(63)72)68-54(47-22-10-9-11-23-47)29-21-30-55(68)48-39-49(69(2,3)4)41-50(40-48)70(5,6)7;/h9-41,43H,8H2,1-7H3;/q-2;. The molecule has 0 bridgehead atoms. The van der Waals surface area contributed by atoms with Crippen molar-refractivity contribution in [2.75, 3.05) is 0 Å². The van der Waals surface area contributed by atoms with Gasteiger partial charge in [-0.05, 0) is 103 Å². The van der Waals surface area contributed by atoms with Crippen LogP contribution in [0.4, 0.5) is 0 Å². The summed E-state index contributed by atoms with van der Waals surface area (Å²) in [6.07, 6.45) is 6.68. The van der Waals surface area contributed by atoms with Crippen LogP contribution in [0.3, 0.4) is 0 Å². The molecule has 6 nitrogen and oxygen atoms in total. The quantitative estimate of drug-likeness (QED) is 0.107. The predicted molar refractivity (Wildman–Crippen MR) is 312 cm³/mol. The molecule has 77 heavy (non-hydrogen) atoms. The number of ether oxygens (including phenoxy) is 1. The van der Waals surface area contributed by atoms with Crippen LogP contribution in [-0.4, -0.2) is 18.7 Å². The first-order valence-corrected chi connectivity index (χ1v) is 26.4. The second-order valence-corrected chi connectivity index (χ2v) is 22.0. The number of imidazole rings is 1. The van der Waals surface area contributed by atoms with Crippen LogP contribution in [0.2, 0.25) is 0 Å². The Morgan fingerprint density at radius 1 is 0.519 bits per heavy atom. The Balaban J connectivity index is 0.00000596. The summed E-state index contributed by atoms with van der Waals surface area (Å²) in [4.78, 5) is 4.98. The van der Waals surface area contributed by atoms with Gasteiger partial charge < -0.3 is 18.4 Å². The number of rotatable bonds is 9. The number of fused-ring (bicyclic) bond motifs is 7. The van der Waals surface area contributed by atoms with Crippen molar-refractivity contribution >= 4 is 54.6 Å². The summed E-state index contributed by atoms with van der Waals surface area (Å²) in [7, 11) is 0. The summed E-state index contributed by atoms with van der Waals surface area (Å²) < 4.78 is 16.1. The molecule has 7 heteroatoms. The molecule has 380 valence electrons. The van der Waals surface area contributed by atoms with Gasteiger partial charge in [-0.25, -0.2) is 4.98 Å². The monoisotopic (exact) mass is 1180 g/mol. The number of para-hydroxylation sites is 6. The van der Waals surface area contributed by atoms with E-state index < -0.39 is 0 Å². The average Bonchev–Trinajstić information content (AvgIpc) is 4.22. The molecule has 0 saturated carbocycles. The van der Waals surface area contributed by atoms with E-state index in [-0.39, 0.29) is 31.9 Å². The van der Waals surface area contributed by atoms with Crippen LogP contribution in [0.5, 0.6) is 11.5 Å². The SMILES string of the molecule is CCc1ccnc(-n2c3[c-]c(Oc4[c-]c(-n5[c-][n+](-c6c(-c7ccccc7)cccc6-c6cc(C(C)(C)C)cc(C(C)(C)C)c6)c6ccccc65)ccc4)cc(-n4c5ccccc5c5ccccc54)c3c3ccccc32)c1.[Pt]. The summed E-state index contributed by atoms with van der Waals surface area (Å²) in [5.74, 6) is 1.93. The number of hydrogen-bond donors (Lipinski definition) is 0. The van der Waals surface area contributed by atoms with Gasteiger partial charge >= 0.3 is 0 Å². The maximum absolute atomic E-state index is 7.09. The van der Waals surface area contributed by atoms with Gasteiger partial charge in [0, 0.05) is 55.1 Å². The molecule has 13 aromatic rings. The van der Waals surface area contributed by atoms with Crippen LogP contribution in [0.25, 0.3) is 99.8 Å². The van der Waals surface area contributed by atoms with E-state index in [0.29, 0.717) is 11.5 Å². The zero-order chi connectivity index (χ0) is 51.9. The third-order valence-corrected chi connectivity index (χ3v) is 15.0. The maximum Gasteiger partial charge on any atom is 0.268 e. The Hall–Kier alpha value is -8.31. The van der Waals surface area contributed by atoms with Crippen molar-refractivity contribution in [3.8, 4) is 56.6 Å². The van der Waals surface area contributed by atoms with Crippen molar-refractivity contribution < 1.29 is 30.4 Å². The van der Waals surface area contributed by atoms with E-state index in [0.717, 1.165) is 89.9 Å². The van der Waals surface area contributed by atoms with Crippen LogP contribution in [0.15, 0.2) is 206 Å². The van der Waals surface area contributed by atoms with Crippen LogP contribution in [0.1, 0.15) is 65.2 Å². The Morgan fingerprint density at radius 2 is 1.10 bits per heavy atom. The zero-order valence-corrected chi connectivity index (χ0v) is 46.6. The Labute approximate surface area is 464 Å². The molecule has 0 aliphatic carbocycles. The molecule has 0 aliphatic heterocycles. The second-order valence-electron chi connectivity index (χ2n) is 22.0. The Morgan fingerprint density at radius 3 is 1.77 bits per heavy atom. The molecule has 0 amide bonds. The van der Waals surface area contributed by atoms with Crippen molar-refractivity contribution in [1.29, 1.82) is 0 Å². The third kappa shape index (κ3) is 8.66. The fourth-order valence-corrected chi connectivity index (χ4v) is 11.1. The summed E-state index contributed by atoms with van der Waals surface area (Å²) in [5, 5.41) is 4.53. The molecule has 13 rings (SSSR count). The summed E-state index contributed by atoms with van der Waals surface area (Å²) in [6.45, 7) is 16.0. The first-order chi connectivity index (χ1) is 36.9. The van der Waals surface area contributed by atoms with E-state index in [2.05, 4.69) is 273 Å². The van der Waals surface area contributed by atoms with Crippen LogP contribution in [0, 0.1) is 18.5 Å². The molecule has 0 radical (unpaired) electrons. The molecule has 0 aliphatic rings. The topological polar surface area (TPSA) is 40.8 Å². The van der Waals surface area contributed by atoms with Gasteiger partial charge in [0.2, 0.25) is 0 Å². The van der Waals surface area contributed by atoms with Gasteiger partial charge in [0.15, 0.2) is 0 Å². The first kappa shape index (κ1) is 49.6. The molecule has 0 fully saturated rings. The third-order valence-electron chi connectivity index (χ3n) is 15.0. The average molecular weight is 1180 g/mol. The van der Waals surface area contributed by atoms with Crippen LogP contribution < -0.4 is 9.30 Å². The van der Waals surface area contributed by atoms with Crippen molar-refractivity contribution in [3.63, 3.8) is 0 Å². The zero-order valence-electron chi connectivity index (χ0n) is 44.3. The molecule has 0 unspecified atom stereocenters.